The largest absolute Gasteiger partial charge is 0.333 e. The lowest BCUT2D eigenvalue weighted by molar-refractivity contribution is 0.0747. The summed E-state index contributed by atoms with van der Waals surface area (Å²) in [6.45, 7) is 6.25. The van der Waals surface area contributed by atoms with Gasteiger partial charge in [0.25, 0.3) is 5.91 Å². The second-order valence-corrected chi connectivity index (χ2v) is 6.49. The van der Waals surface area contributed by atoms with Gasteiger partial charge in [-0.05, 0) is 38.5 Å². The standard InChI is InChI=1S/C19H20N4O/c1-13-4-5-18-16(8-13)17(9-14(2)21-18)19(24)22-6-3-7-23-12-20-10-15(23)11-22/h4-5,8-10,12H,3,6-7,11H2,1-2H3. The van der Waals surface area contributed by atoms with Gasteiger partial charge in [0, 0.05) is 30.4 Å². The lowest BCUT2D eigenvalue weighted by Crippen LogP contribution is -2.31. The zero-order valence-electron chi connectivity index (χ0n) is 14.0. The molecule has 0 N–H and O–H groups in total. The van der Waals surface area contributed by atoms with E-state index in [0.29, 0.717) is 6.54 Å². The summed E-state index contributed by atoms with van der Waals surface area (Å²) in [6, 6.07) is 7.99. The maximum absolute atomic E-state index is 13.2. The Balaban J connectivity index is 1.77. The van der Waals surface area contributed by atoms with Crippen LogP contribution in [0.1, 0.15) is 33.7 Å². The summed E-state index contributed by atoms with van der Waals surface area (Å²) in [6.07, 6.45) is 4.64. The summed E-state index contributed by atoms with van der Waals surface area (Å²) in [5, 5.41) is 0.934. The minimum Gasteiger partial charge on any atom is -0.333 e. The number of carbonyl (C=O) groups excluding carboxylic acids is 1. The molecule has 2 aromatic heterocycles. The maximum atomic E-state index is 13.2. The summed E-state index contributed by atoms with van der Waals surface area (Å²) < 4.78 is 2.13. The van der Waals surface area contributed by atoms with Gasteiger partial charge >= 0.3 is 0 Å². The summed E-state index contributed by atoms with van der Waals surface area (Å²) in [7, 11) is 0. The molecule has 0 saturated carbocycles. The van der Waals surface area contributed by atoms with Crippen LogP contribution < -0.4 is 0 Å². The molecule has 3 heterocycles. The Morgan fingerprint density at radius 2 is 2.04 bits per heavy atom. The Morgan fingerprint density at radius 1 is 1.17 bits per heavy atom. The molecule has 3 aromatic rings. The molecule has 1 amide bonds. The molecule has 0 fully saturated rings. The molecule has 4 rings (SSSR count). The molecule has 0 unspecified atom stereocenters. The summed E-state index contributed by atoms with van der Waals surface area (Å²) in [5.41, 5.74) is 4.72. The molecule has 1 aliphatic heterocycles. The number of rotatable bonds is 1. The minimum atomic E-state index is 0.0748. The molecule has 0 saturated heterocycles. The van der Waals surface area contributed by atoms with Gasteiger partial charge in [-0.2, -0.15) is 0 Å². The van der Waals surface area contributed by atoms with Crippen LogP contribution in [0.15, 0.2) is 36.8 Å². The monoisotopic (exact) mass is 320 g/mol. The number of carbonyl (C=O) groups is 1. The number of imidazole rings is 1. The first-order chi connectivity index (χ1) is 11.6. The predicted octanol–water partition coefficient (Wildman–Crippen LogP) is 3.09. The highest BCUT2D eigenvalue weighted by atomic mass is 16.2. The third-order valence-electron chi connectivity index (χ3n) is 4.59. The number of hydrogen-bond donors (Lipinski definition) is 0. The van der Waals surface area contributed by atoms with Crippen LogP contribution in [-0.2, 0) is 13.1 Å². The van der Waals surface area contributed by atoms with E-state index < -0.39 is 0 Å². The van der Waals surface area contributed by atoms with E-state index in [1.165, 1.54) is 0 Å². The van der Waals surface area contributed by atoms with Crippen molar-refractivity contribution >= 4 is 16.8 Å². The van der Waals surface area contributed by atoms with Crippen molar-refractivity contribution < 1.29 is 4.79 Å². The van der Waals surface area contributed by atoms with Crippen LogP contribution >= 0.6 is 0 Å². The van der Waals surface area contributed by atoms with E-state index in [1.54, 1.807) is 0 Å². The fraction of sp³-hybridized carbons (Fsp3) is 0.316. The average molecular weight is 320 g/mol. The van der Waals surface area contributed by atoms with Gasteiger partial charge in [-0.3, -0.25) is 9.78 Å². The van der Waals surface area contributed by atoms with Gasteiger partial charge in [0.2, 0.25) is 0 Å². The molecular weight excluding hydrogens is 300 g/mol. The molecule has 0 bridgehead atoms. The molecule has 5 heteroatoms. The number of amides is 1. The minimum absolute atomic E-state index is 0.0748. The second kappa shape index (κ2) is 5.74. The lowest BCUT2D eigenvalue weighted by atomic mass is 10.0. The zero-order valence-corrected chi connectivity index (χ0v) is 14.0. The van der Waals surface area contributed by atoms with Crippen molar-refractivity contribution in [2.75, 3.05) is 6.54 Å². The van der Waals surface area contributed by atoms with Crippen molar-refractivity contribution in [1.29, 1.82) is 0 Å². The van der Waals surface area contributed by atoms with Gasteiger partial charge in [0.1, 0.15) is 0 Å². The van der Waals surface area contributed by atoms with E-state index in [4.69, 9.17) is 0 Å². The van der Waals surface area contributed by atoms with Crippen molar-refractivity contribution in [2.24, 2.45) is 0 Å². The van der Waals surface area contributed by atoms with E-state index in [1.807, 2.05) is 49.5 Å². The van der Waals surface area contributed by atoms with Gasteiger partial charge in [-0.15, -0.1) is 0 Å². The van der Waals surface area contributed by atoms with Gasteiger partial charge in [-0.25, -0.2) is 4.98 Å². The molecular formula is C19H20N4O. The number of aromatic nitrogens is 3. The molecule has 0 atom stereocenters. The Morgan fingerprint density at radius 3 is 2.92 bits per heavy atom. The quantitative estimate of drug-likeness (QED) is 0.692. The molecule has 1 aliphatic rings. The predicted molar refractivity (Wildman–Crippen MR) is 92.8 cm³/mol. The van der Waals surface area contributed by atoms with E-state index in [2.05, 4.69) is 20.6 Å². The number of aryl methyl sites for hydroxylation is 3. The smallest absolute Gasteiger partial charge is 0.254 e. The van der Waals surface area contributed by atoms with Crippen LogP contribution in [0.2, 0.25) is 0 Å². The van der Waals surface area contributed by atoms with Crippen LogP contribution in [0.25, 0.3) is 10.9 Å². The Hall–Kier alpha value is -2.69. The van der Waals surface area contributed by atoms with Crippen molar-refractivity contribution in [2.45, 2.75) is 33.4 Å². The van der Waals surface area contributed by atoms with Crippen LogP contribution in [0.3, 0.4) is 0 Å². The SMILES string of the molecule is Cc1ccc2nc(C)cc(C(=O)N3CCCn4cncc4C3)c2c1. The molecule has 5 nitrogen and oxygen atoms in total. The van der Waals surface area contributed by atoms with Crippen LogP contribution in [0.5, 0.6) is 0 Å². The first-order valence-corrected chi connectivity index (χ1v) is 8.28. The Labute approximate surface area is 140 Å². The van der Waals surface area contributed by atoms with E-state index >= 15 is 0 Å². The van der Waals surface area contributed by atoms with E-state index in [9.17, 15) is 4.79 Å². The van der Waals surface area contributed by atoms with Crippen molar-refractivity contribution in [3.63, 3.8) is 0 Å². The molecule has 0 spiro atoms. The van der Waals surface area contributed by atoms with Gasteiger partial charge in [0.05, 0.1) is 29.6 Å². The number of pyridine rings is 1. The zero-order chi connectivity index (χ0) is 16.7. The lowest BCUT2D eigenvalue weighted by Gasteiger charge is -2.21. The van der Waals surface area contributed by atoms with Crippen LogP contribution in [0, 0.1) is 13.8 Å². The van der Waals surface area contributed by atoms with E-state index in [-0.39, 0.29) is 5.91 Å². The molecule has 0 aliphatic carbocycles. The topological polar surface area (TPSA) is 51.0 Å². The Bertz CT molecular complexity index is 928. The molecule has 1 aromatic carbocycles. The van der Waals surface area contributed by atoms with Crippen LogP contribution in [0.4, 0.5) is 0 Å². The fourth-order valence-corrected chi connectivity index (χ4v) is 3.38. The number of benzene rings is 1. The molecule has 0 radical (unpaired) electrons. The third-order valence-corrected chi connectivity index (χ3v) is 4.59. The Kier molecular flexibility index (Phi) is 3.56. The van der Waals surface area contributed by atoms with E-state index in [0.717, 1.165) is 52.9 Å². The first-order valence-electron chi connectivity index (χ1n) is 8.28. The highest BCUT2D eigenvalue weighted by Crippen LogP contribution is 2.23. The van der Waals surface area contributed by atoms with Crippen molar-refractivity contribution in [3.8, 4) is 0 Å². The number of nitrogens with zero attached hydrogens (tertiary/aromatic N) is 4. The van der Waals surface area contributed by atoms with Gasteiger partial charge < -0.3 is 9.47 Å². The first kappa shape index (κ1) is 14.9. The molecule has 122 valence electrons. The average Bonchev–Trinajstić information content (AvgIpc) is 2.91. The van der Waals surface area contributed by atoms with Crippen molar-refractivity contribution in [1.82, 2.24) is 19.4 Å². The number of fused-ring (bicyclic) bond motifs is 2. The number of hydrogen-bond acceptors (Lipinski definition) is 3. The molecule has 24 heavy (non-hydrogen) atoms. The maximum Gasteiger partial charge on any atom is 0.254 e. The second-order valence-electron chi connectivity index (χ2n) is 6.49. The highest BCUT2D eigenvalue weighted by molar-refractivity contribution is 6.06. The van der Waals surface area contributed by atoms with Gasteiger partial charge in [-0.1, -0.05) is 11.6 Å². The fourth-order valence-electron chi connectivity index (χ4n) is 3.38. The summed E-state index contributed by atoms with van der Waals surface area (Å²) >= 11 is 0. The third kappa shape index (κ3) is 2.56. The highest BCUT2D eigenvalue weighted by Gasteiger charge is 2.22. The van der Waals surface area contributed by atoms with Crippen LogP contribution in [-0.4, -0.2) is 31.9 Å². The summed E-state index contributed by atoms with van der Waals surface area (Å²) in [4.78, 5) is 23.9. The normalized spacial score (nSPS) is 14.5. The van der Waals surface area contributed by atoms with Gasteiger partial charge in [0.15, 0.2) is 0 Å². The van der Waals surface area contributed by atoms with Crippen molar-refractivity contribution in [3.05, 3.63) is 59.3 Å². The summed E-state index contributed by atoms with van der Waals surface area (Å²) in [5.74, 6) is 0.0748.